The third-order valence-electron chi connectivity index (χ3n) is 7.30. The van der Waals surface area contributed by atoms with E-state index < -0.39 is 11.5 Å². The average Bonchev–Trinajstić information content (AvgIpc) is 3.22. The van der Waals surface area contributed by atoms with Gasteiger partial charge in [-0.05, 0) is 56.4 Å². The summed E-state index contributed by atoms with van der Waals surface area (Å²) in [5, 5.41) is 19.0. The number of nitrogens with one attached hydrogen (secondary N) is 1. The van der Waals surface area contributed by atoms with E-state index in [1.807, 2.05) is 48.7 Å². The zero-order valence-corrected chi connectivity index (χ0v) is 20.7. The van der Waals surface area contributed by atoms with Gasteiger partial charge >= 0.3 is 5.97 Å². The number of para-hydroxylation sites is 1. The van der Waals surface area contributed by atoms with Gasteiger partial charge in [-0.3, -0.25) is 9.69 Å². The lowest BCUT2D eigenvalue weighted by atomic mass is 9.94. The first-order chi connectivity index (χ1) is 17.0. The van der Waals surface area contributed by atoms with Gasteiger partial charge < -0.3 is 14.9 Å². The molecule has 184 valence electrons. The highest BCUT2D eigenvalue weighted by Crippen LogP contribution is 2.35. The first kappa shape index (κ1) is 23.7. The molecule has 1 amide bonds. The van der Waals surface area contributed by atoms with E-state index in [0.29, 0.717) is 17.9 Å². The number of hydrogen-bond acceptors (Lipinski definition) is 6. The van der Waals surface area contributed by atoms with Crippen molar-refractivity contribution >= 4 is 45.7 Å². The van der Waals surface area contributed by atoms with Gasteiger partial charge in [-0.2, -0.15) is 0 Å². The molecule has 1 aliphatic carbocycles. The molecule has 1 saturated carbocycles. The smallest absolute Gasteiger partial charge is 0.329 e. The molecule has 1 saturated heterocycles. The van der Waals surface area contributed by atoms with Crippen LogP contribution in [0, 0.1) is 5.92 Å². The molecule has 2 atom stereocenters. The monoisotopic (exact) mass is 495 g/mol. The largest absolute Gasteiger partial charge is 0.480 e. The van der Waals surface area contributed by atoms with Gasteiger partial charge in [-0.25, -0.2) is 9.37 Å². The van der Waals surface area contributed by atoms with Crippen LogP contribution in [-0.2, 0) is 15.1 Å². The second kappa shape index (κ2) is 9.91. The lowest BCUT2D eigenvalue weighted by Gasteiger charge is -2.39. The topological polar surface area (TPSA) is 98.7 Å². The molecule has 2 fully saturated rings. The average molecular weight is 496 g/mol. The summed E-state index contributed by atoms with van der Waals surface area (Å²) in [4.78, 5) is 26.6. The van der Waals surface area contributed by atoms with Crippen LogP contribution in [0.4, 0.5) is 5.82 Å². The molecule has 3 aromatic rings. The van der Waals surface area contributed by atoms with Crippen LogP contribution in [0.2, 0.25) is 0 Å². The van der Waals surface area contributed by atoms with Crippen molar-refractivity contribution in [1.82, 2.24) is 10.1 Å². The number of rotatable bonds is 6. The van der Waals surface area contributed by atoms with E-state index in [9.17, 15) is 14.7 Å². The van der Waals surface area contributed by atoms with Crippen molar-refractivity contribution in [2.45, 2.75) is 44.6 Å². The SMILES string of the molecule is CC(C(=O)O)(c1cccs1)N1CCCCC1.O=C(C[N+]1=C2CC2CC1)Nc1noc2ccccc12. The van der Waals surface area contributed by atoms with Crippen molar-refractivity contribution in [3.63, 3.8) is 0 Å². The summed E-state index contributed by atoms with van der Waals surface area (Å²) in [6.45, 7) is 5.04. The standard InChI is InChI=1S/C14H13N3O2.C12H17NO2S/c18-13(8-17-6-5-9-7-11(9)17)15-14-10-3-1-2-4-12(10)19-16-14;1-12(11(14)15,10-6-5-9-16-10)13-7-3-2-4-8-13/h1-4,9H,5-8H2;5-6,9H,2-4,7-8H2,1H3,(H,14,15)/p+1. The highest BCUT2D eigenvalue weighted by Gasteiger charge is 2.47. The first-order valence-electron chi connectivity index (χ1n) is 12.2. The number of piperidine rings is 1. The predicted octanol–water partition coefficient (Wildman–Crippen LogP) is 4.18. The number of thiophene rings is 1. The van der Waals surface area contributed by atoms with E-state index in [1.54, 1.807) is 0 Å². The second-order valence-corrected chi connectivity index (χ2v) is 10.5. The Bertz CT molecular complexity index is 1250. The zero-order chi connectivity index (χ0) is 24.4. The minimum Gasteiger partial charge on any atom is -0.480 e. The fraction of sp³-hybridized carbons (Fsp3) is 0.462. The summed E-state index contributed by atoms with van der Waals surface area (Å²) in [5.41, 5.74) is 1.30. The molecular formula is C26H31N4O4S+. The van der Waals surface area contributed by atoms with E-state index in [2.05, 4.69) is 19.9 Å². The summed E-state index contributed by atoms with van der Waals surface area (Å²) in [7, 11) is 0. The van der Waals surface area contributed by atoms with Gasteiger partial charge in [-0.1, -0.05) is 29.8 Å². The molecule has 0 radical (unpaired) electrons. The molecule has 6 rings (SSSR count). The summed E-state index contributed by atoms with van der Waals surface area (Å²) in [6.07, 6.45) is 5.81. The van der Waals surface area contributed by atoms with E-state index in [0.717, 1.165) is 48.7 Å². The number of aliphatic carboxylic acids is 1. The number of benzene rings is 1. The van der Waals surface area contributed by atoms with Crippen molar-refractivity contribution in [3.8, 4) is 0 Å². The number of fused-ring (bicyclic) bond motifs is 2. The van der Waals surface area contributed by atoms with E-state index in [-0.39, 0.29) is 5.91 Å². The van der Waals surface area contributed by atoms with Crippen LogP contribution in [0.25, 0.3) is 11.0 Å². The van der Waals surface area contributed by atoms with Crippen LogP contribution >= 0.6 is 11.3 Å². The van der Waals surface area contributed by atoms with Crippen molar-refractivity contribution < 1.29 is 23.8 Å². The van der Waals surface area contributed by atoms with Gasteiger partial charge in [0.25, 0.3) is 5.91 Å². The number of likely N-dealkylation sites (tertiary alicyclic amines) is 1. The maximum Gasteiger partial charge on any atom is 0.329 e. The maximum absolute atomic E-state index is 12.0. The number of anilines is 1. The van der Waals surface area contributed by atoms with Crippen molar-refractivity contribution in [2.24, 2.45) is 5.92 Å². The van der Waals surface area contributed by atoms with Crippen LogP contribution in [0.5, 0.6) is 0 Å². The third-order valence-corrected chi connectivity index (χ3v) is 8.38. The lowest BCUT2D eigenvalue weighted by Crippen LogP contribution is -2.51. The summed E-state index contributed by atoms with van der Waals surface area (Å²) < 4.78 is 7.35. The minimum atomic E-state index is -0.839. The molecule has 2 N–H and O–H groups in total. The van der Waals surface area contributed by atoms with Crippen molar-refractivity contribution in [2.75, 3.05) is 31.5 Å². The molecule has 0 spiro atoms. The fourth-order valence-corrected chi connectivity index (χ4v) is 6.01. The number of carbonyl (C=O) groups is 2. The molecule has 4 heterocycles. The number of aromatic nitrogens is 1. The van der Waals surface area contributed by atoms with Crippen LogP contribution in [0.1, 0.15) is 43.9 Å². The molecule has 35 heavy (non-hydrogen) atoms. The van der Waals surface area contributed by atoms with Gasteiger partial charge in [-0.15, -0.1) is 11.3 Å². The normalized spacial score (nSPS) is 21.1. The number of carbonyl (C=O) groups excluding carboxylic acids is 1. The molecule has 1 aromatic carbocycles. The van der Waals surface area contributed by atoms with Crippen LogP contribution in [0.3, 0.4) is 0 Å². The van der Waals surface area contributed by atoms with Gasteiger partial charge in [0.1, 0.15) is 6.54 Å². The Balaban J connectivity index is 0.000000148. The summed E-state index contributed by atoms with van der Waals surface area (Å²) >= 11 is 1.53. The number of amides is 1. The number of carboxylic acid groups (broad SMARTS) is 1. The zero-order valence-electron chi connectivity index (χ0n) is 19.9. The second-order valence-electron chi connectivity index (χ2n) is 9.58. The molecule has 2 unspecified atom stereocenters. The molecule has 3 aliphatic rings. The first-order valence-corrected chi connectivity index (χ1v) is 13.1. The minimum absolute atomic E-state index is 0.0286. The Kier molecular flexibility index (Phi) is 6.71. The molecule has 2 aliphatic heterocycles. The maximum atomic E-state index is 12.0. The molecule has 9 heteroatoms. The van der Waals surface area contributed by atoms with Crippen molar-refractivity contribution in [1.29, 1.82) is 0 Å². The van der Waals surface area contributed by atoms with E-state index >= 15 is 0 Å². The van der Waals surface area contributed by atoms with E-state index in [1.165, 1.54) is 36.3 Å². The summed E-state index contributed by atoms with van der Waals surface area (Å²) in [6, 6.07) is 11.4. The number of carboxylic acids is 1. The predicted molar refractivity (Wildman–Crippen MR) is 135 cm³/mol. The van der Waals surface area contributed by atoms with Crippen LogP contribution in [0.15, 0.2) is 46.3 Å². The van der Waals surface area contributed by atoms with Crippen LogP contribution in [-0.4, -0.2) is 63.5 Å². The summed E-state index contributed by atoms with van der Waals surface area (Å²) in [5.74, 6) is 0.508. The Hall–Kier alpha value is -3.04. The van der Waals surface area contributed by atoms with Gasteiger partial charge in [0, 0.05) is 17.7 Å². The quantitative estimate of drug-likeness (QED) is 0.498. The third kappa shape index (κ3) is 4.88. The molecular weight excluding hydrogens is 464 g/mol. The number of nitrogens with zero attached hydrogens (tertiary/aromatic N) is 3. The number of hydrogen-bond donors (Lipinski definition) is 2. The Morgan fingerprint density at radius 2 is 2.03 bits per heavy atom. The molecule has 0 bridgehead atoms. The van der Waals surface area contributed by atoms with Crippen molar-refractivity contribution in [3.05, 3.63) is 46.7 Å². The molecule has 8 nitrogen and oxygen atoms in total. The Labute approximate surface area is 208 Å². The highest BCUT2D eigenvalue weighted by atomic mass is 32.1. The fourth-order valence-electron chi connectivity index (χ4n) is 5.10. The Morgan fingerprint density at radius 3 is 2.69 bits per heavy atom. The lowest BCUT2D eigenvalue weighted by molar-refractivity contribution is -0.508. The van der Waals surface area contributed by atoms with Gasteiger partial charge in [0.2, 0.25) is 6.54 Å². The van der Waals surface area contributed by atoms with Crippen LogP contribution < -0.4 is 5.32 Å². The Morgan fingerprint density at radius 1 is 1.23 bits per heavy atom. The van der Waals surface area contributed by atoms with Gasteiger partial charge in [0.05, 0.1) is 11.3 Å². The van der Waals surface area contributed by atoms with Gasteiger partial charge in [0.15, 0.2) is 22.7 Å². The van der Waals surface area contributed by atoms with E-state index in [4.69, 9.17) is 4.52 Å². The molecule has 2 aromatic heterocycles. The highest BCUT2D eigenvalue weighted by molar-refractivity contribution is 7.10.